The maximum atomic E-state index is 12.3. The number of methoxy groups -OCH3 is 1. The molecule has 0 bridgehead atoms. The smallest absolute Gasteiger partial charge is 0.226 e. The molecule has 1 aromatic heterocycles. The van der Waals surface area contributed by atoms with E-state index in [-0.39, 0.29) is 5.91 Å². The number of nitrogens with zero attached hydrogens (tertiary/aromatic N) is 2. The minimum atomic E-state index is -0.0540. The molecule has 0 aliphatic heterocycles. The Morgan fingerprint density at radius 3 is 2.72 bits per heavy atom. The predicted molar refractivity (Wildman–Crippen MR) is 99.4 cm³/mol. The number of benzene rings is 2. The second-order valence-electron chi connectivity index (χ2n) is 5.69. The molecule has 3 rings (SSSR count). The van der Waals surface area contributed by atoms with Crippen LogP contribution in [0.25, 0.3) is 16.7 Å². The van der Waals surface area contributed by atoms with Crippen molar-refractivity contribution < 1.29 is 9.53 Å². The molecular weight excluding hydrogens is 316 g/mol. The molecule has 0 radical (unpaired) electrons. The van der Waals surface area contributed by atoms with Crippen molar-refractivity contribution in [3.05, 3.63) is 48.5 Å². The molecule has 0 aliphatic rings. The first-order chi connectivity index (χ1) is 12.2. The van der Waals surface area contributed by atoms with Gasteiger partial charge in [-0.1, -0.05) is 24.3 Å². The maximum Gasteiger partial charge on any atom is 0.226 e. The van der Waals surface area contributed by atoms with E-state index in [1.165, 1.54) is 0 Å². The quantitative estimate of drug-likeness (QED) is 0.650. The van der Waals surface area contributed by atoms with E-state index in [2.05, 4.69) is 15.6 Å². The van der Waals surface area contributed by atoms with Crippen molar-refractivity contribution in [2.24, 2.45) is 0 Å². The van der Waals surface area contributed by atoms with Gasteiger partial charge in [-0.3, -0.25) is 14.7 Å². The fourth-order valence-corrected chi connectivity index (χ4v) is 2.78. The number of rotatable bonds is 7. The Kier molecular flexibility index (Phi) is 5.30. The van der Waals surface area contributed by atoms with Gasteiger partial charge in [0, 0.05) is 6.42 Å². The van der Waals surface area contributed by atoms with Crippen LogP contribution in [0.1, 0.15) is 12.8 Å². The number of ether oxygens (including phenoxy) is 1. The molecule has 0 aliphatic carbocycles. The number of carbonyl (C=O) groups excluding carboxylic acids is 1. The Labute approximate surface area is 146 Å². The zero-order chi connectivity index (χ0) is 17.6. The van der Waals surface area contributed by atoms with Gasteiger partial charge in [0.05, 0.1) is 23.8 Å². The van der Waals surface area contributed by atoms with Crippen LogP contribution >= 0.6 is 0 Å². The summed E-state index contributed by atoms with van der Waals surface area (Å²) >= 11 is 0. The highest BCUT2D eigenvalue weighted by molar-refractivity contribution is 5.92. The van der Waals surface area contributed by atoms with Crippen LogP contribution in [-0.2, 0) is 4.79 Å². The van der Waals surface area contributed by atoms with Gasteiger partial charge in [0.2, 0.25) is 11.9 Å². The summed E-state index contributed by atoms with van der Waals surface area (Å²) in [4.78, 5) is 16.9. The van der Waals surface area contributed by atoms with E-state index in [4.69, 9.17) is 4.74 Å². The first kappa shape index (κ1) is 17.0. The van der Waals surface area contributed by atoms with Crippen molar-refractivity contribution in [1.29, 1.82) is 0 Å². The average molecular weight is 338 g/mol. The highest BCUT2D eigenvalue weighted by atomic mass is 16.5. The number of anilines is 1. The number of aromatic nitrogens is 2. The monoisotopic (exact) mass is 338 g/mol. The lowest BCUT2D eigenvalue weighted by Gasteiger charge is -2.13. The van der Waals surface area contributed by atoms with Gasteiger partial charge in [-0.25, -0.2) is 4.98 Å². The third-order valence-corrected chi connectivity index (χ3v) is 3.97. The third-order valence-electron chi connectivity index (χ3n) is 3.97. The van der Waals surface area contributed by atoms with E-state index in [1.807, 2.05) is 60.1 Å². The highest BCUT2D eigenvalue weighted by Crippen LogP contribution is 2.30. The number of imidazole rings is 1. The first-order valence-electron chi connectivity index (χ1n) is 8.30. The molecule has 6 nitrogen and oxygen atoms in total. The van der Waals surface area contributed by atoms with Crippen molar-refractivity contribution >= 4 is 22.9 Å². The summed E-state index contributed by atoms with van der Waals surface area (Å²) < 4.78 is 7.41. The number of hydrogen-bond donors (Lipinski definition) is 2. The molecule has 6 heteroatoms. The van der Waals surface area contributed by atoms with E-state index in [1.54, 1.807) is 7.11 Å². The van der Waals surface area contributed by atoms with Crippen LogP contribution in [0.4, 0.5) is 5.95 Å². The molecule has 2 N–H and O–H groups in total. The van der Waals surface area contributed by atoms with Gasteiger partial charge < -0.3 is 10.1 Å². The maximum absolute atomic E-state index is 12.3. The molecular formula is C19H22N4O2. The van der Waals surface area contributed by atoms with Gasteiger partial charge in [-0.05, 0) is 44.3 Å². The molecule has 0 saturated carbocycles. The fraction of sp³-hybridized carbons (Fsp3) is 0.263. The molecule has 25 heavy (non-hydrogen) atoms. The third kappa shape index (κ3) is 3.64. The lowest BCUT2D eigenvalue weighted by Crippen LogP contribution is -2.17. The Balaban J connectivity index is 2.02. The molecule has 0 unspecified atom stereocenters. The van der Waals surface area contributed by atoms with Crippen LogP contribution in [0.2, 0.25) is 0 Å². The van der Waals surface area contributed by atoms with Gasteiger partial charge in [0.25, 0.3) is 0 Å². The number of para-hydroxylation sites is 4. The van der Waals surface area contributed by atoms with Gasteiger partial charge in [-0.2, -0.15) is 0 Å². The van der Waals surface area contributed by atoms with Crippen LogP contribution in [-0.4, -0.2) is 36.2 Å². The fourth-order valence-electron chi connectivity index (χ4n) is 2.78. The van der Waals surface area contributed by atoms with Gasteiger partial charge in [0.15, 0.2) is 0 Å². The number of amides is 1. The summed E-state index contributed by atoms with van der Waals surface area (Å²) in [6, 6.07) is 15.5. The molecule has 0 spiro atoms. The van der Waals surface area contributed by atoms with E-state index in [0.29, 0.717) is 12.4 Å². The molecule has 0 atom stereocenters. The van der Waals surface area contributed by atoms with E-state index >= 15 is 0 Å². The molecule has 0 fully saturated rings. The molecule has 0 saturated heterocycles. The summed E-state index contributed by atoms with van der Waals surface area (Å²) in [6.07, 6.45) is 1.22. The predicted octanol–water partition coefficient (Wildman–Crippen LogP) is 2.97. The molecule has 1 amide bonds. The zero-order valence-corrected chi connectivity index (χ0v) is 14.5. The van der Waals surface area contributed by atoms with Crippen LogP contribution < -0.4 is 15.4 Å². The standard InChI is InChI=1S/C19H22N4O2/c1-20-13-7-12-18(24)22-19-21-14-8-3-4-9-15(14)23(19)16-10-5-6-11-17(16)25-2/h3-6,8-11,20H,7,12-13H2,1-2H3,(H,21,22,24). The van der Waals surface area contributed by atoms with E-state index in [9.17, 15) is 4.79 Å². The molecule has 2 aromatic carbocycles. The molecule has 3 aromatic rings. The summed E-state index contributed by atoms with van der Waals surface area (Å²) in [6.45, 7) is 0.802. The molecule has 1 heterocycles. The van der Waals surface area contributed by atoms with Crippen LogP contribution in [0.3, 0.4) is 0 Å². The zero-order valence-electron chi connectivity index (χ0n) is 14.5. The van der Waals surface area contributed by atoms with Gasteiger partial charge >= 0.3 is 0 Å². The Bertz CT molecular complexity index is 873. The highest BCUT2D eigenvalue weighted by Gasteiger charge is 2.16. The Hall–Kier alpha value is -2.86. The lowest BCUT2D eigenvalue weighted by molar-refractivity contribution is -0.116. The van der Waals surface area contributed by atoms with Gasteiger partial charge in [0.1, 0.15) is 5.75 Å². The number of fused-ring (bicyclic) bond motifs is 1. The number of carbonyl (C=O) groups is 1. The second kappa shape index (κ2) is 7.81. The topological polar surface area (TPSA) is 68.2 Å². The van der Waals surface area contributed by atoms with Crippen LogP contribution in [0.5, 0.6) is 5.75 Å². The van der Waals surface area contributed by atoms with Crippen molar-refractivity contribution in [1.82, 2.24) is 14.9 Å². The van der Waals surface area contributed by atoms with Crippen molar-refractivity contribution in [2.75, 3.05) is 26.0 Å². The van der Waals surface area contributed by atoms with Crippen molar-refractivity contribution in [3.63, 3.8) is 0 Å². The SMILES string of the molecule is CNCCCC(=O)Nc1nc2ccccc2n1-c1ccccc1OC. The van der Waals surface area contributed by atoms with Crippen molar-refractivity contribution in [3.8, 4) is 11.4 Å². The van der Waals surface area contributed by atoms with E-state index < -0.39 is 0 Å². The lowest BCUT2D eigenvalue weighted by atomic mass is 10.2. The van der Waals surface area contributed by atoms with E-state index in [0.717, 1.165) is 35.4 Å². The van der Waals surface area contributed by atoms with Crippen molar-refractivity contribution in [2.45, 2.75) is 12.8 Å². The Morgan fingerprint density at radius 1 is 1.16 bits per heavy atom. The largest absolute Gasteiger partial charge is 0.495 e. The summed E-state index contributed by atoms with van der Waals surface area (Å²) in [5, 5.41) is 5.98. The summed E-state index contributed by atoms with van der Waals surface area (Å²) in [7, 11) is 3.51. The minimum Gasteiger partial charge on any atom is -0.495 e. The van der Waals surface area contributed by atoms with Gasteiger partial charge in [-0.15, -0.1) is 0 Å². The summed E-state index contributed by atoms with van der Waals surface area (Å²) in [5.74, 6) is 1.16. The Morgan fingerprint density at radius 2 is 1.92 bits per heavy atom. The number of nitrogens with one attached hydrogen (secondary N) is 2. The number of hydrogen-bond acceptors (Lipinski definition) is 4. The normalized spacial score (nSPS) is 10.8. The average Bonchev–Trinajstić information content (AvgIpc) is 2.99. The minimum absolute atomic E-state index is 0.0540. The van der Waals surface area contributed by atoms with Crippen LogP contribution in [0.15, 0.2) is 48.5 Å². The second-order valence-corrected chi connectivity index (χ2v) is 5.69. The van der Waals surface area contributed by atoms with Crippen LogP contribution in [0, 0.1) is 0 Å². The summed E-state index contributed by atoms with van der Waals surface area (Å²) in [5.41, 5.74) is 2.57. The molecule has 130 valence electrons. The first-order valence-corrected chi connectivity index (χ1v) is 8.30.